The van der Waals surface area contributed by atoms with E-state index in [0.29, 0.717) is 11.9 Å². The van der Waals surface area contributed by atoms with Gasteiger partial charge in [0.25, 0.3) is 0 Å². The second-order valence-electron chi connectivity index (χ2n) is 1.81. The average molecular weight is 195 g/mol. The lowest BCUT2D eigenvalue weighted by molar-refractivity contribution is -0.146. The molecule has 0 saturated carbocycles. The van der Waals surface area contributed by atoms with Crippen LogP contribution < -0.4 is 0 Å². The highest BCUT2D eigenvalue weighted by atomic mass is 79.9. The van der Waals surface area contributed by atoms with E-state index in [0.717, 1.165) is 0 Å². The lowest BCUT2D eigenvalue weighted by Gasteiger charge is -2.04. The van der Waals surface area contributed by atoms with Crippen LogP contribution in [0.2, 0.25) is 0 Å². The summed E-state index contributed by atoms with van der Waals surface area (Å²) in [5.41, 5.74) is 0. The van der Waals surface area contributed by atoms with Gasteiger partial charge in [-0.1, -0.05) is 22.9 Å². The lowest BCUT2D eigenvalue weighted by atomic mass is 10.2. The van der Waals surface area contributed by atoms with Gasteiger partial charge in [0.2, 0.25) is 0 Å². The molecule has 54 valence electrons. The molecule has 0 heterocycles. The molecule has 1 unspecified atom stereocenters. The van der Waals surface area contributed by atoms with Crippen molar-refractivity contribution >= 4 is 21.9 Å². The van der Waals surface area contributed by atoms with E-state index in [1.165, 1.54) is 0 Å². The first-order chi connectivity index (χ1) is 4.22. The Bertz CT molecular complexity index is 93.1. The summed E-state index contributed by atoms with van der Waals surface area (Å²) in [4.78, 5) is 10.7. The largest absolute Gasteiger partial charge is 0.466 e. The van der Waals surface area contributed by atoms with Crippen LogP contribution in [0, 0.1) is 5.92 Å². The minimum absolute atomic E-state index is 0.0232. The summed E-state index contributed by atoms with van der Waals surface area (Å²) in [5.74, 6) is -0.153. The monoisotopic (exact) mass is 194 g/mol. The van der Waals surface area contributed by atoms with Crippen molar-refractivity contribution in [2.75, 3.05) is 11.9 Å². The Morgan fingerprint density at radius 2 is 2.33 bits per heavy atom. The molecule has 0 aromatic carbocycles. The third kappa shape index (κ3) is 3.51. The topological polar surface area (TPSA) is 26.3 Å². The summed E-state index contributed by atoms with van der Waals surface area (Å²) in [6.45, 7) is 4.10. The summed E-state index contributed by atoms with van der Waals surface area (Å²) < 4.78 is 4.73. The molecule has 0 aliphatic carbocycles. The number of ether oxygens (including phenoxy) is 1. The van der Waals surface area contributed by atoms with Crippen molar-refractivity contribution in [1.82, 2.24) is 0 Å². The van der Waals surface area contributed by atoms with Crippen LogP contribution in [0.4, 0.5) is 0 Å². The molecule has 0 spiro atoms. The maximum atomic E-state index is 10.7. The third-order valence-corrected chi connectivity index (χ3v) is 1.89. The van der Waals surface area contributed by atoms with E-state index in [1.807, 2.05) is 6.92 Å². The second-order valence-corrected chi connectivity index (χ2v) is 2.45. The number of hydrogen-bond acceptors (Lipinski definition) is 2. The molecule has 0 rings (SSSR count). The van der Waals surface area contributed by atoms with Crippen molar-refractivity contribution in [3.8, 4) is 0 Å². The Hall–Kier alpha value is -0.0500. The fraction of sp³-hybridized carbons (Fsp3) is 0.833. The first-order valence-corrected chi connectivity index (χ1v) is 4.07. The smallest absolute Gasteiger partial charge is 0.309 e. The fourth-order valence-electron chi connectivity index (χ4n) is 0.348. The van der Waals surface area contributed by atoms with Gasteiger partial charge in [-0.3, -0.25) is 4.79 Å². The van der Waals surface area contributed by atoms with Gasteiger partial charge < -0.3 is 4.74 Å². The van der Waals surface area contributed by atoms with Crippen LogP contribution >= 0.6 is 15.9 Å². The molecule has 0 bridgehead atoms. The van der Waals surface area contributed by atoms with Gasteiger partial charge >= 0.3 is 5.97 Å². The van der Waals surface area contributed by atoms with Gasteiger partial charge in [0.05, 0.1) is 12.5 Å². The summed E-state index contributed by atoms with van der Waals surface area (Å²) in [7, 11) is 0. The molecule has 0 aromatic rings. The SMILES string of the molecule is CCOC(=O)C(C)CBr. The Morgan fingerprint density at radius 1 is 1.78 bits per heavy atom. The molecule has 0 aliphatic rings. The zero-order valence-corrected chi connectivity index (χ0v) is 7.27. The molecule has 9 heavy (non-hydrogen) atoms. The summed E-state index contributed by atoms with van der Waals surface area (Å²) in [5, 5.41) is 0.672. The molecule has 2 nitrogen and oxygen atoms in total. The normalized spacial score (nSPS) is 12.8. The van der Waals surface area contributed by atoms with Crippen molar-refractivity contribution in [2.45, 2.75) is 13.8 Å². The van der Waals surface area contributed by atoms with Crippen molar-refractivity contribution in [1.29, 1.82) is 0 Å². The molecule has 1 atom stereocenters. The summed E-state index contributed by atoms with van der Waals surface area (Å²) >= 11 is 3.18. The van der Waals surface area contributed by atoms with E-state index in [9.17, 15) is 4.79 Å². The molecule has 0 radical (unpaired) electrons. The van der Waals surface area contributed by atoms with Crippen LogP contribution in [0.15, 0.2) is 0 Å². The van der Waals surface area contributed by atoms with Gasteiger partial charge in [0, 0.05) is 5.33 Å². The van der Waals surface area contributed by atoms with Crippen LogP contribution in [-0.2, 0) is 9.53 Å². The molecule has 0 saturated heterocycles. The van der Waals surface area contributed by atoms with E-state index in [1.54, 1.807) is 6.92 Å². The van der Waals surface area contributed by atoms with Crippen LogP contribution in [0.5, 0.6) is 0 Å². The van der Waals surface area contributed by atoms with Gasteiger partial charge in [0.1, 0.15) is 0 Å². The van der Waals surface area contributed by atoms with Crippen molar-refractivity contribution in [3.05, 3.63) is 0 Å². The number of esters is 1. The molecular formula is C6H11BrO2. The molecule has 0 aliphatic heterocycles. The molecule has 0 aromatic heterocycles. The minimum Gasteiger partial charge on any atom is -0.466 e. The van der Waals surface area contributed by atoms with Crippen molar-refractivity contribution in [3.63, 3.8) is 0 Å². The molecule has 0 N–H and O–H groups in total. The Labute approximate surface area is 63.7 Å². The fourth-order valence-corrected chi connectivity index (χ4v) is 0.612. The highest BCUT2D eigenvalue weighted by Crippen LogP contribution is 2.01. The van der Waals surface area contributed by atoms with E-state index < -0.39 is 0 Å². The van der Waals surface area contributed by atoms with Crippen LogP contribution in [0.3, 0.4) is 0 Å². The predicted molar refractivity (Wildman–Crippen MR) is 39.6 cm³/mol. The minimum atomic E-state index is -0.130. The van der Waals surface area contributed by atoms with E-state index >= 15 is 0 Å². The molecule has 3 heteroatoms. The summed E-state index contributed by atoms with van der Waals surface area (Å²) in [6.07, 6.45) is 0. The zero-order chi connectivity index (χ0) is 7.28. The van der Waals surface area contributed by atoms with Crippen LogP contribution in [0.1, 0.15) is 13.8 Å². The first kappa shape index (κ1) is 8.95. The molecule has 0 fully saturated rings. The Kier molecular flexibility index (Phi) is 4.77. The van der Waals surface area contributed by atoms with Crippen molar-refractivity contribution < 1.29 is 9.53 Å². The Morgan fingerprint density at radius 3 is 2.67 bits per heavy atom. The molecule has 0 amide bonds. The standard InChI is InChI=1S/C6H11BrO2/c1-3-9-6(8)5(2)4-7/h5H,3-4H2,1-2H3. The number of carbonyl (C=O) groups is 1. The van der Waals surface area contributed by atoms with Crippen molar-refractivity contribution in [2.24, 2.45) is 5.92 Å². The highest BCUT2D eigenvalue weighted by Gasteiger charge is 2.10. The van der Waals surface area contributed by atoms with Crippen LogP contribution in [-0.4, -0.2) is 17.9 Å². The average Bonchev–Trinajstić information content (AvgIpc) is 1.87. The maximum Gasteiger partial charge on any atom is 0.309 e. The maximum absolute atomic E-state index is 10.7. The lowest BCUT2D eigenvalue weighted by Crippen LogP contribution is -2.15. The number of carbonyl (C=O) groups excluding carboxylic acids is 1. The first-order valence-electron chi connectivity index (χ1n) is 2.95. The van der Waals surface area contributed by atoms with Crippen LogP contribution in [0.25, 0.3) is 0 Å². The Balaban J connectivity index is 3.46. The number of halogens is 1. The molecular weight excluding hydrogens is 184 g/mol. The second kappa shape index (κ2) is 4.79. The van der Waals surface area contributed by atoms with Gasteiger partial charge in [-0.05, 0) is 6.92 Å². The zero-order valence-electron chi connectivity index (χ0n) is 5.69. The third-order valence-electron chi connectivity index (χ3n) is 0.920. The van der Waals surface area contributed by atoms with Gasteiger partial charge in [-0.25, -0.2) is 0 Å². The van der Waals surface area contributed by atoms with Gasteiger partial charge in [-0.15, -0.1) is 0 Å². The quantitative estimate of drug-likeness (QED) is 0.504. The number of rotatable bonds is 3. The number of hydrogen-bond donors (Lipinski definition) is 0. The highest BCUT2D eigenvalue weighted by molar-refractivity contribution is 9.09. The van der Waals surface area contributed by atoms with Gasteiger partial charge in [-0.2, -0.15) is 0 Å². The predicted octanol–water partition coefficient (Wildman–Crippen LogP) is 1.58. The van der Waals surface area contributed by atoms with E-state index in [2.05, 4.69) is 15.9 Å². The van der Waals surface area contributed by atoms with E-state index in [-0.39, 0.29) is 11.9 Å². The summed E-state index contributed by atoms with van der Waals surface area (Å²) in [6, 6.07) is 0. The van der Waals surface area contributed by atoms with E-state index in [4.69, 9.17) is 4.74 Å². The number of alkyl halides is 1. The van der Waals surface area contributed by atoms with Gasteiger partial charge in [0.15, 0.2) is 0 Å².